The Hall–Kier alpha value is -2.21. The molecule has 182 valence electrons. The van der Waals surface area contributed by atoms with E-state index in [-0.39, 0.29) is 36.3 Å². The molecule has 0 amide bonds. The summed E-state index contributed by atoms with van der Waals surface area (Å²) in [6.07, 6.45) is 1.82. The van der Waals surface area contributed by atoms with Crippen LogP contribution in [0.5, 0.6) is 5.75 Å². The highest BCUT2D eigenvalue weighted by Gasteiger charge is 2.18. The number of halogens is 3. The first kappa shape index (κ1) is 27.0. The molecule has 2 aromatic rings. The Morgan fingerprint density at radius 1 is 1.15 bits per heavy atom. The predicted molar refractivity (Wildman–Crippen MR) is 139 cm³/mol. The molecule has 10 heteroatoms. The SMILES string of the molecule is CCNC(=NCc1cc(C)ccc1OC(F)F)NCc1cccnc1N1CCN(C)CC1.I. The molecule has 0 bridgehead atoms. The fourth-order valence-electron chi connectivity index (χ4n) is 3.60. The lowest BCUT2D eigenvalue weighted by Crippen LogP contribution is -2.45. The van der Waals surface area contributed by atoms with Crippen LogP contribution in [0.2, 0.25) is 0 Å². The number of anilines is 1. The number of likely N-dealkylation sites (N-methyl/N-ethyl adjacent to an activating group) is 1. The lowest BCUT2D eigenvalue weighted by molar-refractivity contribution is -0.0504. The fourth-order valence-corrected chi connectivity index (χ4v) is 3.60. The third-order valence-corrected chi connectivity index (χ3v) is 5.30. The second-order valence-electron chi connectivity index (χ2n) is 7.81. The van der Waals surface area contributed by atoms with Crippen molar-refractivity contribution in [3.8, 4) is 5.75 Å². The van der Waals surface area contributed by atoms with Crippen LogP contribution in [0.1, 0.15) is 23.6 Å². The van der Waals surface area contributed by atoms with Gasteiger partial charge in [0.25, 0.3) is 0 Å². The first-order chi connectivity index (χ1) is 15.5. The summed E-state index contributed by atoms with van der Waals surface area (Å²) < 4.78 is 30.1. The number of nitrogens with one attached hydrogen (secondary N) is 2. The summed E-state index contributed by atoms with van der Waals surface area (Å²) in [5, 5.41) is 6.56. The van der Waals surface area contributed by atoms with Crippen molar-refractivity contribution in [2.45, 2.75) is 33.5 Å². The maximum absolute atomic E-state index is 12.7. The van der Waals surface area contributed by atoms with Crippen LogP contribution in [0.25, 0.3) is 0 Å². The van der Waals surface area contributed by atoms with E-state index >= 15 is 0 Å². The summed E-state index contributed by atoms with van der Waals surface area (Å²) in [6.45, 7) is 6.36. The molecule has 1 aliphatic heterocycles. The number of aliphatic imine (C=N–C) groups is 1. The largest absolute Gasteiger partial charge is 0.434 e. The highest BCUT2D eigenvalue weighted by molar-refractivity contribution is 14.0. The van der Waals surface area contributed by atoms with Gasteiger partial charge in [-0.25, -0.2) is 9.98 Å². The number of pyridine rings is 1. The Morgan fingerprint density at radius 3 is 2.61 bits per heavy atom. The molecule has 0 spiro atoms. The van der Waals surface area contributed by atoms with Gasteiger partial charge in [-0.05, 0) is 33.0 Å². The molecule has 7 nitrogen and oxygen atoms in total. The highest BCUT2D eigenvalue weighted by Crippen LogP contribution is 2.23. The minimum Gasteiger partial charge on any atom is -0.434 e. The summed E-state index contributed by atoms with van der Waals surface area (Å²) in [6, 6.07) is 9.12. The number of aryl methyl sites for hydroxylation is 1. The van der Waals surface area contributed by atoms with Gasteiger partial charge in [0.05, 0.1) is 6.54 Å². The maximum Gasteiger partial charge on any atom is 0.387 e. The van der Waals surface area contributed by atoms with Crippen LogP contribution < -0.4 is 20.3 Å². The summed E-state index contributed by atoms with van der Waals surface area (Å²) >= 11 is 0. The number of guanidine groups is 1. The number of rotatable bonds is 8. The minimum atomic E-state index is -2.87. The van der Waals surface area contributed by atoms with Crippen LogP contribution in [0.3, 0.4) is 0 Å². The average molecular weight is 574 g/mol. The number of hydrogen-bond donors (Lipinski definition) is 2. The van der Waals surface area contributed by atoms with E-state index in [2.05, 4.69) is 48.3 Å². The molecule has 2 N–H and O–H groups in total. The number of piperazine rings is 1. The standard InChI is InChI=1S/C23H32F2N6O.HI/c1-4-26-23(29-16-19-14-17(2)7-8-20(19)32-22(24)25)28-15-18-6-5-9-27-21(18)31-12-10-30(3)11-13-31;/h5-9,14,22H,4,10-13,15-16H2,1-3H3,(H2,26,28,29);1H. The van der Waals surface area contributed by atoms with Gasteiger partial charge in [0, 0.05) is 56.6 Å². The number of hydrogen-bond acceptors (Lipinski definition) is 5. The fraction of sp³-hybridized carbons (Fsp3) is 0.478. The molecule has 0 saturated carbocycles. The smallest absolute Gasteiger partial charge is 0.387 e. The Bertz CT molecular complexity index is 906. The molecule has 0 atom stereocenters. The quantitative estimate of drug-likeness (QED) is 0.286. The molecule has 1 saturated heterocycles. The third-order valence-electron chi connectivity index (χ3n) is 5.30. The highest BCUT2D eigenvalue weighted by atomic mass is 127. The van der Waals surface area contributed by atoms with Crippen LogP contribution in [0.4, 0.5) is 14.6 Å². The van der Waals surface area contributed by atoms with Gasteiger partial charge in [0.1, 0.15) is 11.6 Å². The van der Waals surface area contributed by atoms with Crippen LogP contribution in [-0.4, -0.2) is 62.2 Å². The molecular weight excluding hydrogens is 541 g/mol. The zero-order chi connectivity index (χ0) is 22.9. The minimum absolute atomic E-state index is 0. The van der Waals surface area contributed by atoms with Crippen molar-refractivity contribution in [2.75, 3.05) is 44.7 Å². The van der Waals surface area contributed by atoms with Gasteiger partial charge in [-0.3, -0.25) is 0 Å². The van der Waals surface area contributed by atoms with E-state index in [1.807, 2.05) is 32.2 Å². The molecule has 3 rings (SSSR count). The molecule has 33 heavy (non-hydrogen) atoms. The Balaban J connectivity index is 0.00000385. The molecule has 0 radical (unpaired) electrons. The molecular formula is C23H33F2IN6O. The summed E-state index contributed by atoms with van der Waals surface area (Å²) in [5.74, 6) is 1.73. The van der Waals surface area contributed by atoms with Gasteiger partial charge in [0.15, 0.2) is 5.96 Å². The van der Waals surface area contributed by atoms with Crippen molar-refractivity contribution in [3.05, 3.63) is 53.2 Å². The molecule has 0 aliphatic carbocycles. The number of benzene rings is 1. The van der Waals surface area contributed by atoms with Gasteiger partial charge in [0.2, 0.25) is 0 Å². The van der Waals surface area contributed by atoms with Gasteiger partial charge >= 0.3 is 6.61 Å². The van der Waals surface area contributed by atoms with Crippen molar-refractivity contribution in [3.63, 3.8) is 0 Å². The van der Waals surface area contributed by atoms with E-state index in [9.17, 15) is 8.78 Å². The summed E-state index contributed by atoms with van der Waals surface area (Å²) in [7, 11) is 2.13. The molecule has 1 fully saturated rings. The van der Waals surface area contributed by atoms with Crippen molar-refractivity contribution < 1.29 is 13.5 Å². The van der Waals surface area contributed by atoms with E-state index in [4.69, 9.17) is 0 Å². The van der Waals surface area contributed by atoms with Crippen LogP contribution in [0, 0.1) is 6.92 Å². The topological polar surface area (TPSA) is 65.0 Å². The van der Waals surface area contributed by atoms with Gasteiger partial charge < -0.3 is 25.2 Å². The number of alkyl halides is 2. The lowest BCUT2D eigenvalue weighted by atomic mass is 10.1. The van der Waals surface area contributed by atoms with Crippen LogP contribution >= 0.6 is 24.0 Å². The van der Waals surface area contributed by atoms with Crippen molar-refractivity contribution in [2.24, 2.45) is 4.99 Å². The molecule has 1 aliphatic rings. The Labute approximate surface area is 211 Å². The summed E-state index contributed by atoms with van der Waals surface area (Å²) in [4.78, 5) is 13.8. The Kier molecular flexibility index (Phi) is 11.0. The predicted octanol–water partition coefficient (Wildman–Crippen LogP) is 3.62. The first-order valence-corrected chi connectivity index (χ1v) is 10.9. The first-order valence-electron chi connectivity index (χ1n) is 10.9. The van der Waals surface area contributed by atoms with Crippen molar-refractivity contribution in [1.29, 1.82) is 0 Å². The van der Waals surface area contributed by atoms with Crippen molar-refractivity contribution in [1.82, 2.24) is 20.5 Å². The van der Waals surface area contributed by atoms with Gasteiger partial charge in [-0.2, -0.15) is 8.78 Å². The van der Waals surface area contributed by atoms with Gasteiger partial charge in [-0.1, -0.05) is 23.8 Å². The molecule has 1 aromatic heterocycles. The maximum atomic E-state index is 12.7. The van der Waals surface area contributed by atoms with E-state index in [0.29, 0.717) is 24.6 Å². The second kappa shape index (κ2) is 13.5. The van der Waals surface area contributed by atoms with E-state index in [1.54, 1.807) is 12.1 Å². The molecule has 1 aromatic carbocycles. The van der Waals surface area contributed by atoms with Crippen molar-refractivity contribution >= 4 is 35.8 Å². The lowest BCUT2D eigenvalue weighted by Gasteiger charge is -2.34. The van der Waals surface area contributed by atoms with Crippen LogP contribution in [0.15, 0.2) is 41.5 Å². The average Bonchev–Trinajstić information content (AvgIpc) is 2.78. The normalized spacial score (nSPS) is 14.7. The van der Waals surface area contributed by atoms with Crippen LogP contribution in [-0.2, 0) is 13.1 Å². The van der Waals surface area contributed by atoms with E-state index in [1.165, 1.54) is 0 Å². The molecule has 2 heterocycles. The number of nitrogens with zero attached hydrogens (tertiary/aromatic N) is 4. The zero-order valence-electron chi connectivity index (χ0n) is 19.4. The third kappa shape index (κ3) is 8.26. The van der Waals surface area contributed by atoms with E-state index in [0.717, 1.165) is 43.1 Å². The summed E-state index contributed by atoms with van der Waals surface area (Å²) in [5.41, 5.74) is 2.66. The zero-order valence-corrected chi connectivity index (χ0v) is 21.7. The van der Waals surface area contributed by atoms with E-state index < -0.39 is 6.61 Å². The Morgan fingerprint density at radius 2 is 1.91 bits per heavy atom. The monoisotopic (exact) mass is 574 g/mol. The molecule has 0 unspecified atom stereocenters. The number of aromatic nitrogens is 1. The van der Waals surface area contributed by atoms with Gasteiger partial charge in [-0.15, -0.1) is 24.0 Å². The second-order valence-corrected chi connectivity index (χ2v) is 7.81. The number of ether oxygens (including phenoxy) is 1.